The summed E-state index contributed by atoms with van der Waals surface area (Å²) < 4.78 is 1.93. The van der Waals surface area contributed by atoms with Crippen molar-refractivity contribution in [2.75, 3.05) is 0 Å². The number of hydrogen-bond donors (Lipinski definition) is 2. The van der Waals surface area contributed by atoms with Crippen molar-refractivity contribution >= 4 is 29.2 Å². The quantitative estimate of drug-likeness (QED) is 0.494. The molecule has 0 unspecified atom stereocenters. The van der Waals surface area contributed by atoms with Crippen LogP contribution in [0.2, 0.25) is 0 Å². The van der Waals surface area contributed by atoms with Crippen molar-refractivity contribution in [1.82, 2.24) is 19.6 Å². The highest BCUT2D eigenvalue weighted by Crippen LogP contribution is 2.27. The van der Waals surface area contributed by atoms with E-state index in [1.54, 1.807) is 0 Å². The van der Waals surface area contributed by atoms with Gasteiger partial charge in [-0.25, -0.2) is 9.50 Å². The van der Waals surface area contributed by atoms with E-state index >= 15 is 0 Å². The van der Waals surface area contributed by atoms with Crippen LogP contribution in [0.4, 0.5) is 0 Å². The molecule has 3 aromatic heterocycles. The van der Waals surface area contributed by atoms with Crippen LogP contribution >= 0.6 is 0 Å². The maximum absolute atomic E-state index is 5.47. The van der Waals surface area contributed by atoms with Crippen molar-refractivity contribution in [2.45, 2.75) is 6.42 Å². The first kappa shape index (κ1) is 17.9. The fourth-order valence-electron chi connectivity index (χ4n) is 3.77. The molecule has 0 atom stereocenters. The van der Waals surface area contributed by atoms with Crippen molar-refractivity contribution in [3.8, 4) is 11.3 Å². The molecule has 5 rings (SSSR count). The van der Waals surface area contributed by atoms with Crippen molar-refractivity contribution in [3.63, 3.8) is 0 Å². The topological polar surface area (TPSA) is 72.0 Å². The summed E-state index contributed by atoms with van der Waals surface area (Å²) >= 11 is 0. The van der Waals surface area contributed by atoms with Gasteiger partial charge in [0.2, 0.25) is 0 Å². The van der Waals surface area contributed by atoms with Gasteiger partial charge in [-0.05, 0) is 52.5 Å². The van der Waals surface area contributed by atoms with Gasteiger partial charge in [0.25, 0.3) is 0 Å². The number of aromatic amines is 1. The second-order valence-corrected chi connectivity index (χ2v) is 7.24. The van der Waals surface area contributed by atoms with Crippen molar-refractivity contribution in [3.05, 3.63) is 101 Å². The zero-order chi connectivity index (χ0) is 20.5. The summed E-state index contributed by atoms with van der Waals surface area (Å²) in [5.41, 5.74) is 11.6. The van der Waals surface area contributed by atoms with Gasteiger partial charge in [-0.3, -0.25) is 0 Å². The number of H-pyrrole nitrogens is 1. The number of nitrogens with two attached hydrogens (primary N) is 1. The van der Waals surface area contributed by atoms with Crippen LogP contribution < -0.4 is 16.2 Å². The lowest BCUT2D eigenvalue weighted by atomic mass is 10.1. The van der Waals surface area contributed by atoms with Crippen LogP contribution in [0.1, 0.15) is 11.3 Å². The molecule has 5 nitrogen and oxygen atoms in total. The van der Waals surface area contributed by atoms with E-state index in [-0.39, 0.29) is 0 Å². The Morgan fingerprint density at radius 3 is 2.93 bits per heavy atom. The van der Waals surface area contributed by atoms with Crippen LogP contribution in [0, 0.1) is 0 Å². The predicted molar refractivity (Wildman–Crippen MR) is 122 cm³/mol. The third kappa shape index (κ3) is 3.16. The molecular weight excluding hydrogens is 370 g/mol. The molecule has 0 amide bonds. The average molecular weight is 391 g/mol. The molecule has 0 aliphatic carbocycles. The number of nitrogens with one attached hydrogen (secondary N) is 1. The highest BCUT2D eigenvalue weighted by molar-refractivity contribution is 5.94. The average Bonchev–Trinajstić information content (AvgIpc) is 3.41. The van der Waals surface area contributed by atoms with Crippen molar-refractivity contribution in [1.29, 1.82) is 0 Å². The smallest absolute Gasteiger partial charge is 0.153 e. The van der Waals surface area contributed by atoms with E-state index in [0.29, 0.717) is 0 Å². The summed E-state index contributed by atoms with van der Waals surface area (Å²) in [5, 5.41) is 8.09. The van der Waals surface area contributed by atoms with Gasteiger partial charge in [-0.1, -0.05) is 43.0 Å². The fourth-order valence-corrected chi connectivity index (χ4v) is 3.77. The van der Waals surface area contributed by atoms with E-state index in [4.69, 9.17) is 10.8 Å². The van der Waals surface area contributed by atoms with Crippen LogP contribution in [0.25, 0.3) is 40.5 Å². The number of benzene rings is 2. The molecule has 146 valence electrons. The van der Waals surface area contributed by atoms with Gasteiger partial charge in [0, 0.05) is 29.1 Å². The van der Waals surface area contributed by atoms with E-state index in [0.717, 1.165) is 50.4 Å². The van der Waals surface area contributed by atoms with Crippen molar-refractivity contribution < 1.29 is 0 Å². The van der Waals surface area contributed by atoms with E-state index in [1.807, 2.05) is 53.3 Å². The van der Waals surface area contributed by atoms with Gasteiger partial charge in [-0.15, -0.1) is 0 Å². The molecule has 0 fully saturated rings. The van der Waals surface area contributed by atoms with Gasteiger partial charge >= 0.3 is 0 Å². The Labute approximate surface area is 173 Å². The number of hydrogen-bond acceptors (Lipinski definition) is 3. The zero-order valence-electron chi connectivity index (χ0n) is 16.4. The van der Waals surface area contributed by atoms with Crippen LogP contribution in [0.3, 0.4) is 0 Å². The Hall–Kier alpha value is -4.12. The van der Waals surface area contributed by atoms with E-state index in [9.17, 15) is 0 Å². The lowest BCUT2D eigenvalue weighted by molar-refractivity contribution is 0.876. The van der Waals surface area contributed by atoms with Gasteiger partial charge in [0.05, 0.1) is 17.6 Å². The van der Waals surface area contributed by atoms with Gasteiger partial charge in [-0.2, -0.15) is 5.10 Å². The monoisotopic (exact) mass is 391 g/mol. The van der Waals surface area contributed by atoms with Crippen LogP contribution in [-0.2, 0) is 6.42 Å². The first-order valence-electron chi connectivity index (χ1n) is 9.79. The SMILES string of the molecule is C=c1ccc(Cc2cnc3ccc(-c4cccc5[nH]ccc45)nn23)c/c1=C/C=C\N. The van der Waals surface area contributed by atoms with Crippen LogP contribution in [0.15, 0.2) is 79.3 Å². The van der Waals surface area contributed by atoms with Crippen LogP contribution in [0.5, 0.6) is 0 Å². The number of nitrogens with zero attached hydrogens (tertiary/aromatic N) is 3. The summed E-state index contributed by atoms with van der Waals surface area (Å²) in [6, 6.07) is 18.6. The number of rotatable bonds is 4. The Kier molecular flexibility index (Phi) is 4.41. The van der Waals surface area contributed by atoms with E-state index in [2.05, 4.69) is 46.9 Å². The Balaban J connectivity index is 1.58. The normalized spacial score (nSPS) is 12.5. The number of imidazole rings is 1. The Bertz CT molecular complexity index is 1500. The molecule has 5 heteroatoms. The summed E-state index contributed by atoms with van der Waals surface area (Å²) in [4.78, 5) is 7.80. The number of fused-ring (bicyclic) bond motifs is 2. The first-order chi connectivity index (χ1) is 14.7. The highest BCUT2D eigenvalue weighted by Gasteiger charge is 2.10. The minimum absolute atomic E-state index is 0.722. The summed E-state index contributed by atoms with van der Waals surface area (Å²) in [6.07, 6.45) is 9.87. The van der Waals surface area contributed by atoms with E-state index in [1.165, 1.54) is 11.8 Å². The lowest BCUT2D eigenvalue weighted by Gasteiger charge is -2.06. The Morgan fingerprint density at radius 2 is 2.03 bits per heavy atom. The fraction of sp³-hybridized carbons (Fsp3) is 0.0400. The maximum Gasteiger partial charge on any atom is 0.153 e. The second-order valence-electron chi connectivity index (χ2n) is 7.24. The van der Waals surface area contributed by atoms with Crippen molar-refractivity contribution in [2.24, 2.45) is 5.73 Å². The minimum atomic E-state index is 0.722. The molecule has 0 bridgehead atoms. The minimum Gasteiger partial charge on any atom is -0.405 e. The molecule has 3 N–H and O–H groups in total. The first-order valence-corrected chi connectivity index (χ1v) is 9.79. The molecule has 30 heavy (non-hydrogen) atoms. The third-order valence-corrected chi connectivity index (χ3v) is 5.29. The largest absolute Gasteiger partial charge is 0.405 e. The van der Waals surface area contributed by atoms with Gasteiger partial charge in [0.1, 0.15) is 0 Å². The maximum atomic E-state index is 5.47. The standard InChI is InChI=1S/C25H21N5/c1-17-7-8-18(14-19(17)4-3-12-26)15-20-16-28-25-10-9-24(29-30(20)25)21-5-2-6-23-22(21)11-13-27-23/h2-14,16,27H,1,15,26H2/b12-3-,19-4-. The lowest BCUT2D eigenvalue weighted by Crippen LogP contribution is -2.23. The predicted octanol–water partition coefficient (Wildman–Crippen LogP) is 3.13. The number of allylic oxidation sites excluding steroid dienone is 1. The molecule has 0 aliphatic rings. The molecular formula is C25H21N5. The Morgan fingerprint density at radius 1 is 1.10 bits per heavy atom. The molecule has 0 aliphatic heterocycles. The molecule has 0 saturated heterocycles. The zero-order valence-corrected chi connectivity index (χ0v) is 16.4. The number of aromatic nitrogens is 4. The second kappa shape index (κ2) is 7.37. The summed E-state index contributed by atoms with van der Waals surface area (Å²) in [7, 11) is 0. The molecule has 0 spiro atoms. The van der Waals surface area contributed by atoms with Crippen LogP contribution in [-0.4, -0.2) is 19.6 Å². The van der Waals surface area contributed by atoms with E-state index < -0.39 is 0 Å². The van der Waals surface area contributed by atoms with Gasteiger partial charge in [0.15, 0.2) is 5.65 Å². The van der Waals surface area contributed by atoms with Gasteiger partial charge < -0.3 is 10.7 Å². The summed E-state index contributed by atoms with van der Waals surface area (Å²) in [5.74, 6) is 0. The highest BCUT2D eigenvalue weighted by atomic mass is 15.3. The molecule has 5 aromatic rings. The molecule has 0 radical (unpaired) electrons. The third-order valence-electron chi connectivity index (χ3n) is 5.29. The summed E-state index contributed by atoms with van der Waals surface area (Å²) in [6.45, 7) is 4.09. The molecule has 3 heterocycles. The molecule has 0 saturated carbocycles. The molecule has 2 aromatic carbocycles.